The molecule has 0 unspecified atom stereocenters. The van der Waals surface area contributed by atoms with Crippen molar-refractivity contribution in [1.29, 1.82) is 0 Å². The van der Waals surface area contributed by atoms with Crippen LogP contribution < -0.4 is 10.6 Å². The van der Waals surface area contributed by atoms with Gasteiger partial charge in [-0.25, -0.2) is 4.79 Å². The summed E-state index contributed by atoms with van der Waals surface area (Å²) in [4.78, 5) is 38.0. The Morgan fingerprint density at radius 1 is 1.12 bits per heavy atom. The molecule has 0 bridgehead atoms. The minimum atomic E-state index is -1.23. The predicted octanol–water partition coefficient (Wildman–Crippen LogP) is 2.75. The summed E-state index contributed by atoms with van der Waals surface area (Å²) in [5.74, 6) is -0.932. The van der Waals surface area contributed by atoms with Gasteiger partial charge in [0.25, 0.3) is 5.91 Å². The van der Waals surface area contributed by atoms with E-state index in [1.165, 1.54) is 0 Å². The van der Waals surface area contributed by atoms with E-state index < -0.39 is 23.4 Å². The van der Waals surface area contributed by atoms with E-state index in [2.05, 4.69) is 10.6 Å². The van der Waals surface area contributed by atoms with Gasteiger partial charge < -0.3 is 10.6 Å². The third kappa shape index (κ3) is 3.34. The van der Waals surface area contributed by atoms with Crippen molar-refractivity contribution in [2.45, 2.75) is 12.5 Å². The van der Waals surface area contributed by atoms with E-state index >= 15 is 0 Å². The van der Waals surface area contributed by atoms with Crippen molar-refractivity contribution < 1.29 is 14.4 Å². The van der Waals surface area contributed by atoms with Crippen molar-refractivity contribution >= 4 is 35.1 Å². The van der Waals surface area contributed by atoms with Crippen LogP contribution >= 0.6 is 11.6 Å². The average molecular weight is 358 g/mol. The Hall–Kier alpha value is -2.86. The lowest BCUT2D eigenvalue weighted by molar-refractivity contribution is -0.133. The number of nitrogens with zero attached hydrogens (tertiary/aromatic N) is 1. The second-order valence-electron chi connectivity index (χ2n) is 5.87. The molecule has 0 aromatic heterocycles. The zero-order chi connectivity index (χ0) is 18.0. The Morgan fingerprint density at radius 3 is 2.40 bits per heavy atom. The number of para-hydroxylation sites is 1. The fourth-order valence-electron chi connectivity index (χ4n) is 2.69. The number of rotatable bonds is 4. The normalized spacial score (nSPS) is 19.7. The zero-order valence-electron chi connectivity index (χ0n) is 13.5. The Morgan fingerprint density at radius 2 is 1.76 bits per heavy atom. The first-order chi connectivity index (χ1) is 11.9. The average Bonchev–Trinajstić information content (AvgIpc) is 2.80. The number of amides is 4. The molecule has 4 amide bonds. The lowest BCUT2D eigenvalue weighted by atomic mass is 9.92. The van der Waals surface area contributed by atoms with Gasteiger partial charge in [0, 0.05) is 10.7 Å². The monoisotopic (exact) mass is 357 g/mol. The third-order valence-corrected chi connectivity index (χ3v) is 4.31. The van der Waals surface area contributed by atoms with Crippen LogP contribution in [0.5, 0.6) is 0 Å². The van der Waals surface area contributed by atoms with Crippen molar-refractivity contribution in [1.82, 2.24) is 10.2 Å². The topological polar surface area (TPSA) is 78.5 Å². The van der Waals surface area contributed by atoms with Crippen LogP contribution in [0.3, 0.4) is 0 Å². The Labute approximate surface area is 149 Å². The summed E-state index contributed by atoms with van der Waals surface area (Å²) in [6, 6.07) is 14.9. The molecule has 1 heterocycles. The molecule has 1 aliphatic heterocycles. The minimum absolute atomic E-state index is 0.358. The van der Waals surface area contributed by atoms with Crippen LogP contribution in [0.15, 0.2) is 54.6 Å². The van der Waals surface area contributed by atoms with Crippen LogP contribution in [0.1, 0.15) is 12.5 Å². The van der Waals surface area contributed by atoms with Crippen molar-refractivity contribution in [3.8, 4) is 0 Å². The van der Waals surface area contributed by atoms with E-state index in [9.17, 15) is 14.4 Å². The first kappa shape index (κ1) is 17.0. The largest absolute Gasteiger partial charge is 0.325 e. The van der Waals surface area contributed by atoms with Crippen molar-refractivity contribution in [2.24, 2.45) is 0 Å². The SMILES string of the molecule is C[C@@]1(c2ccc(Cl)cc2)NC(=O)N(CC(=O)Nc2ccccc2)C1=O. The molecule has 1 saturated heterocycles. The fourth-order valence-corrected chi connectivity index (χ4v) is 2.81. The molecule has 0 spiro atoms. The molecule has 1 atom stereocenters. The quantitative estimate of drug-likeness (QED) is 0.826. The molecule has 6 nitrogen and oxygen atoms in total. The molecular formula is C18H16ClN3O3. The number of halogens is 1. The van der Waals surface area contributed by atoms with E-state index in [-0.39, 0.29) is 6.54 Å². The highest BCUT2D eigenvalue weighted by Crippen LogP contribution is 2.29. The standard InChI is InChI=1S/C18H16ClN3O3/c1-18(12-7-9-13(19)10-8-12)16(24)22(17(25)21-18)11-15(23)20-14-5-3-2-4-6-14/h2-10H,11H2,1H3,(H,20,23)(H,21,25)/t18-/m0/s1. The van der Waals surface area contributed by atoms with Gasteiger partial charge in [-0.1, -0.05) is 41.9 Å². The molecule has 1 fully saturated rings. The second-order valence-corrected chi connectivity index (χ2v) is 6.30. The van der Waals surface area contributed by atoms with Crippen LogP contribution in [0.2, 0.25) is 5.02 Å². The van der Waals surface area contributed by atoms with Gasteiger partial charge in [-0.15, -0.1) is 0 Å². The number of hydrogen-bond donors (Lipinski definition) is 2. The number of benzene rings is 2. The smallest absolute Gasteiger partial charge is 0.325 e. The van der Waals surface area contributed by atoms with E-state index in [0.29, 0.717) is 16.3 Å². The number of carbonyl (C=O) groups excluding carboxylic acids is 3. The van der Waals surface area contributed by atoms with Crippen molar-refractivity contribution in [3.63, 3.8) is 0 Å². The summed E-state index contributed by atoms with van der Waals surface area (Å²) >= 11 is 5.87. The van der Waals surface area contributed by atoms with Gasteiger partial charge in [0.15, 0.2) is 0 Å². The van der Waals surface area contributed by atoms with Crippen LogP contribution in [-0.4, -0.2) is 29.3 Å². The third-order valence-electron chi connectivity index (χ3n) is 4.06. The van der Waals surface area contributed by atoms with Gasteiger partial charge in [-0.05, 0) is 36.8 Å². The molecule has 0 aliphatic carbocycles. The lowest BCUT2D eigenvalue weighted by Crippen LogP contribution is -2.42. The minimum Gasteiger partial charge on any atom is -0.325 e. The number of urea groups is 1. The van der Waals surface area contributed by atoms with E-state index in [0.717, 1.165) is 4.90 Å². The molecular weight excluding hydrogens is 342 g/mol. The Bertz CT molecular complexity index is 823. The molecule has 128 valence electrons. The second kappa shape index (κ2) is 6.57. The van der Waals surface area contributed by atoms with Crippen molar-refractivity contribution in [2.75, 3.05) is 11.9 Å². The molecule has 25 heavy (non-hydrogen) atoms. The van der Waals surface area contributed by atoms with Crippen LogP contribution in [0, 0.1) is 0 Å². The molecule has 2 aromatic rings. The Balaban J connectivity index is 1.75. The number of carbonyl (C=O) groups is 3. The summed E-state index contributed by atoms with van der Waals surface area (Å²) in [6.07, 6.45) is 0. The molecule has 2 N–H and O–H groups in total. The number of hydrogen-bond acceptors (Lipinski definition) is 3. The maximum Gasteiger partial charge on any atom is 0.325 e. The first-order valence-electron chi connectivity index (χ1n) is 7.65. The van der Waals surface area contributed by atoms with E-state index in [1.54, 1.807) is 55.5 Å². The maximum atomic E-state index is 12.7. The molecule has 0 radical (unpaired) electrons. The van der Waals surface area contributed by atoms with E-state index in [4.69, 9.17) is 11.6 Å². The summed E-state index contributed by atoms with van der Waals surface area (Å²) in [5.41, 5.74) is -0.0319. The number of nitrogens with one attached hydrogen (secondary N) is 2. The van der Waals surface area contributed by atoms with E-state index in [1.807, 2.05) is 6.07 Å². The van der Waals surface area contributed by atoms with Crippen LogP contribution in [0.4, 0.5) is 10.5 Å². The van der Waals surface area contributed by atoms with Crippen molar-refractivity contribution in [3.05, 3.63) is 65.2 Å². The summed E-state index contributed by atoms with van der Waals surface area (Å²) in [5, 5.41) is 5.83. The van der Waals surface area contributed by atoms with Crippen LogP contribution in [0.25, 0.3) is 0 Å². The summed E-state index contributed by atoms with van der Waals surface area (Å²) in [6.45, 7) is 1.24. The van der Waals surface area contributed by atoms with Gasteiger partial charge in [0.05, 0.1) is 0 Å². The molecule has 0 saturated carbocycles. The van der Waals surface area contributed by atoms with Gasteiger partial charge in [-0.3, -0.25) is 14.5 Å². The molecule has 3 rings (SSSR count). The number of anilines is 1. The first-order valence-corrected chi connectivity index (χ1v) is 8.03. The highest BCUT2D eigenvalue weighted by Gasteiger charge is 2.49. The zero-order valence-corrected chi connectivity index (χ0v) is 14.2. The van der Waals surface area contributed by atoms with Crippen LogP contribution in [-0.2, 0) is 15.1 Å². The highest BCUT2D eigenvalue weighted by atomic mass is 35.5. The van der Waals surface area contributed by atoms with Gasteiger partial charge in [-0.2, -0.15) is 0 Å². The highest BCUT2D eigenvalue weighted by molar-refractivity contribution is 6.30. The molecule has 1 aliphatic rings. The lowest BCUT2D eigenvalue weighted by Gasteiger charge is -2.22. The number of imide groups is 1. The molecule has 7 heteroatoms. The summed E-state index contributed by atoms with van der Waals surface area (Å²) in [7, 11) is 0. The molecule has 2 aromatic carbocycles. The summed E-state index contributed by atoms with van der Waals surface area (Å²) < 4.78 is 0. The maximum absolute atomic E-state index is 12.7. The fraction of sp³-hybridized carbons (Fsp3) is 0.167. The van der Waals surface area contributed by atoms with Gasteiger partial charge >= 0.3 is 6.03 Å². The Kier molecular flexibility index (Phi) is 4.46. The van der Waals surface area contributed by atoms with Gasteiger partial charge in [0.2, 0.25) is 5.91 Å². The predicted molar refractivity (Wildman–Crippen MR) is 94.1 cm³/mol. The van der Waals surface area contributed by atoms with Gasteiger partial charge in [0.1, 0.15) is 12.1 Å².